The van der Waals surface area contributed by atoms with Crippen LogP contribution in [0.5, 0.6) is 23.0 Å². The maximum Gasteiger partial charge on any atom is 0.333 e. The maximum absolute atomic E-state index is 15.8. The highest BCUT2D eigenvalue weighted by molar-refractivity contribution is 5.88. The first kappa shape index (κ1) is 86.6. The number of esters is 4. The van der Waals surface area contributed by atoms with Crippen molar-refractivity contribution in [2.24, 2.45) is 11.8 Å². The molecule has 6 rings (SSSR count). The van der Waals surface area contributed by atoms with E-state index >= 15 is 8.78 Å². The molecule has 0 aromatic heterocycles. The third-order valence-corrected chi connectivity index (χ3v) is 17.6. The topological polar surface area (TPSA) is 179 Å². The summed E-state index contributed by atoms with van der Waals surface area (Å²) in [4.78, 5) is 48.0. The molecule has 4 aromatic carbocycles. The Labute approximate surface area is 618 Å². The van der Waals surface area contributed by atoms with Crippen LogP contribution in [0.25, 0.3) is 22.3 Å². The van der Waals surface area contributed by atoms with Crippen LogP contribution in [0.2, 0.25) is 0 Å². The smallest absolute Gasteiger partial charge is 0.333 e. The molecule has 16 nitrogen and oxygen atoms in total. The van der Waals surface area contributed by atoms with Crippen molar-refractivity contribution in [1.82, 2.24) is 0 Å². The minimum absolute atomic E-state index is 0.0209. The Morgan fingerprint density at radius 3 is 1.10 bits per heavy atom. The molecule has 572 valence electrons. The van der Waals surface area contributed by atoms with Crippen LogP contribution in [0.3, 0.4) is 0 Å². The van der Waals surface area contributed by atoms with Gasteiger partial charge in [0, 0.05) is 64.7 Å². The fourth-order valence-corrected chi connectivity index (χ4v) is 11.7. The first-order chi connectivity index (χ1) is 50.4. The monoisotopic (exact) mass is 1440 g/mol. The standard InChI is InChI=1S/C43H61FO8.C43H57FO8/c2*1-6-7-8-9-10-11-12-13-22-49-38-18-19-39(40(44)29-38)37-27-35(16-14-23-50-42(45)32(2)3)41(52-31-48-30-34-20-25-47-26-21-34)36(28-37)17-15-24-51-43(46)33(4)5/h18-19,27-29,34H,2,4,6-17,20-26,30-31H2,1,3,5H3;18-21,25-29,34H,2,4,6-17,22-24,30-31H2,1,3,5H3. The second-order valence-electron chi connectivity index (χ2n) is 27.0. The zero-order valence-electron chi connectivity index (χ0n) is 63.2. The molecule has 2 aliphatic rings. The summed E-state index contributed by atoms with van der Waals surface area (Å²) in [6.45, 7) is 29.8. The molecule has 0 bridgehead atoms. The number of halogens is 2. The summed E-state index contributed by atoms with van der Waals surface area (Å²) in [7, 11) is 0. The Balaban J connectivity index is 0.000000374. The lowest BCUT2D eigenvalue weighted by atomic mass is 9.94. The molecule has 0 aliphatic carbocycles. The third-order valence-electron chi connectivity index (χ3n) is 17.6. The highest BCUT2D eigenvalue weighted by atomic mass is 19.1. The van der Waals surface area contributed by atoms with Crippen molar-refractivity contribution in [2.75, 3.05) is 79.7 Å². The van der Waals surface area contributed by atoms with E-state index in [0.29, 0.717) is 151 Å². The Morgan fingerprint density at radius 2 is 0.760 bits per heavy atom. The Kier molecular flexibility index (Phi) is 42.6. The highest BCUT2D eigenvalue weighted by Crippen LogP contribution is 2.38. The average molecular weight is 1450 g/mol. The van der Waals surface area contributed by atoms with Crippen LogP contribution >= 0.6 is 0 Å². The van der Waals surface area contributed by atoms with Gasteiger partial charge in [-0.1, -0.05) is 130 Å². The van der Waals surface area contributed by atoms with Crippen molar-refractivity contribution < 1.29 is 84.8 Å². The van der Waals surface area contributed by atoms with Gasteiger partial charge in [0.25, 0.3) is 0 Å². The lowest BCUT2D eigenvalue weighted by Gasteiger charge is -2.23. The fourth-order valence-electron chi connectivity index (χ4n) is 11.7. The van der Waals surface area contributed by atoms with Crippen LogP contribution in [-0.2, 0) is 82.8 Å². The number of hydrogen-bond acceptors (Lipinski definition) is 16. The van der Waals surface area contributed by atoms with E-state index in [1.807, 2.05) is 42.5 Å². The molecular weight excluding hydrogens is 1330 g/mol. The second kappa shape index (κ2) is 51.2. The number of aryl methyl sites for hydroxylation is 4. The van der Waals surface area contributed by atoms with E-state index in [0.717, 1.165) is 74.0 Å². The van der Waals surface area contributed by atoms with Crippen molar-refractivity contribution >= 4 is 23.9 Å². The van der Waals surface area contributed by atoms with E-state index in [2.05, 4.69) is 40.2 Å². The molecule has 2 aliphatic heterocycles. The molecule has 104 heavy (non-hydrogen) atoms. The summed E-state index contributed by atoms with van der Waals surface area (Å²) in [6.07, 6.45) is 32.1. The molecule has 1 saturated heterocycles. The lowest BCUT2D eigenvalue weighted by molar-refractivity contribution is -0.139. The van der Waals surface area contributed by atoms with Gasteiger partial charge in [-0.2, -0.15) is 0 Å². The van der Waals surface area contributed by atoms with Gasteiger partial charge in [-0.05, 0) is 205 Å². The van der Waals surface area contributed by atoms with Gasteiger partial charge >= 0.3 is 23.9 Å². The largest absolute Gasteiger partial charge is 0.493 e. The summed E-state index contributed by atoms with van der Waals surface area (Å²) in [5.41, 5.74) is 6.82. The third kappa shape index (κ3) is 34.2. The number of benzene rings is 4. The molecule has 0 amide bonds. The summed E-state index contributed by atoms with van der Waals surface area (Å²) >= 11 is 0. The van der Waals surface area contributed by atoms with E-state index < -0.39 is 29.7 Å². The zero-order chi connectivity index (χ0) is 75.1. The minimum atomic E-state index is -0.452. The van der Waals surface area contributed by atoms with Gasteiger partial charge in [0.2, 0.25) is 0 Å². The van der Waals surface area contributed by atoms with Crippen molar-refractivity contribution in [3.63, 3.8) is 0 Å². The van der Waals surface area contributed by atoms with E-state index in [-0.39, 0.29) is 51.7 Å². The maximum atomic E-state index is 15.8. The summed E-state index contributed by atoms with van der Waals surface area (Å²) in [6, 6.07) is 17.7. The average Bonchev–Trinajstić information content (AvgIpc) is 0.803. The Morgan fingerprint density at radius 1 is 0.423 bits per heavy atom. The Bertz CT molecular complexity index is 3240. The van der Waals surface area contributed by atoms with Gasteiger partial charge in [-0.25, -0.2) is 28.0 Å². The SMILES string of the molecule is C=C(C)C(=O)OCCCc1cc(-c2ccc(OCCCCCCCCCC)cc2F)cc(CCCOC(=O)C(=C)C)c1OCOCC1C=COC=C1.C=C(C)C(=O)OCCCc1cc(-c2ccc(OCCCCCCCCCC)cc2F)cc(CCCOC(=O)C(=C)C)c1OCOCC1CCOCC1. The van der Waals surface area contributed by atoms with Gasteiger partial charge in [0.1, 0.15) is 34.6 Å². The molecule has 0 radical (unpaired) electrons. The van der Waals surface area contributed by atoms with E-state index in [1.54, 1.807) is 58.4 Å². The molecule has 4 aromatic rings. The Hall–Kier alpha value is -8.06. The highest BCUT2D eigenvalue weighted by Gasteiger charge is 2.22. The molecule has 0 atom stereocenters. The van der Waals surface area contributed by atoms with E-state index in [4.69, 9.17) is 56.8 Å². The number of carbonyl (C=O) groups is 4. The molecule has 0 unspecified atom stereocenters. The van der Waals surface area contributed by atoms with Crippen molar-refractivity contribution in [2.45, 2.75) is 208 Å². The zero-order valence-corrected chi connectivity index (χ0v) is 63.2. The van der Waals surface area contributed by atoms with Crippen LogP contribution in [-0.4, -0.2) is 104 Å². The predicted octanol–water partition coefficient (Wildman–Crippen LogP) is 20.0. The molecule has 0 N–H and O–H groups in total. The van der Waals surface area contributed by atoms with E-state index in [9.17, 15) is 19.2 Å². The molecular formula is C86H118F2O16. The van der Waals surface area contributed by atoms with Crippen LogP contribution in [0.15, 0.2) is 134 Å². The van der Waals surface area contributed by atoms with Crippen molar-refractivity contribution in [1.29, 1.82) is 0 Å². The lowest BCUT2D eigenvalue weighted by Crippen LogP contribution is -2.21. The van der Waals surface area contributed by atoms with Gasteiger partial charge in [0.05, 0.1) is 65.4 Å². The number of hydrogen-bond donors (Lipinski definition) is 0. The van der Waals surface area contributed by atoms with Gasteiger partial charge < -0.3 is 56.8 Å². The fraction of sp³-hybridized carbons (Fsp3) is 0.535. The predicted molar refractivity (Wildman–Crippen MR) is 406 cm³/mol. The summed E-state index contributed by atoms with van der Waals surface area (Å²) in [5, 5.41) is 0. The van der Waals surface area contributed by atoms with Crippen LogP contribution in [0.1, 0.15) is 205 Å². The summed E-state index contributed by atoms with van der Waals surface area (Å²) < 4.78 is 99.8. The first-order valence-electron chi connectivity index (χ1n) is 37.8. The van der Waals surface area contributed by atoms with Crippen molar-refractivity contribution in [3.8, 4) is 45.3 Å². The quantitative estimate of drug-likeness (QED) is 0.0134. The van der Waals surface area contributed by atoms with Gasteiger partial charge in [-0.3, -0.25) is 0 Å². The van der Waals surface area contributed by atoms with Gasteiger partial charge in [-0.15, -0.1) is 0 Å². The molecule has 1 fully saturated rings. The van der Waals surface area contributed by atoms with Crippen LogP contribution < -0.4 is 18.9 Å². The summed E-state index contributed by atoms with van der Waals surface area (Å²) in [5.74, 6) is 0.142. The first-order valence-corrected chi connectivity index (χ1v) is 37.8. The molecule has 18 heteroatoms. The molecule has 0 saturated carbocycles. The number of unbranched alkanes of at least 4 members (excludes halogenated alkanes) is 14. The second-order valence-corrected chi connectivity index (χ2v) is 27.0. The number of ether oxygens (including phenoxy) is 12. The molecule has 0 spiro atoms. The minimum Gasteiger partial charge on any atom is -0.493 e. The van der Waals surface area contributed by atoms with E-state index in [1.165, 1.54) is 89.2 Å². The molecule has 2 heterocycles. The van der Waals surface area contributed by atoms with Crippen molar-refractivity contribution in [3.05, 3.63) is 168 Å². The normalized spacial score (nSPS) is 12.7. The van der Waals surface area contributed by atoms with Crippen LogP contribution in [0, 0.1) is 23.5 Å². The van der Waals surface area contributed by atoms with Gasteiger partial charge in [0.15, 0.2) is 13.6 Å². The number of carbonyl (C=O) groups excluding carboxylic acids is 4. The van der Waals surface area contributed by atoms with Crippen LogP contribution in [0.4, 0.5) is 8.78 Å². The number of rotatable bonds is 52.